The van der Waals surface area contributed by atoms with Crippen molar-refractivity contribution in [3.05, 3.63) is 79.2 Å². The number of hydrogen-bond donors (Lipinski definition) is 0. The van der Waals surface area contributed by atoms with Crippen LogP contribution in [0.4, 0.5) is 0 Å². The summed E-state index contributed by atoms with van der Waals surface area (Å²) in [5.41, 5.74) is 1.07. The summed E-state index contributed by atoms with van der Waals surface area (Å²) in [6.45, 7) is 3.72. The molecule has 0 unspecified atom stereocenters. The molecule has 2 aromatic rings. The normalized spacial score (nSPS) is 7.71. The van der Waals surface area contributed by atoms with Crippen molar-refractivity contribution in [3.8, 4) is 0 Å². The molecular formula is C13H12Y+. The molecule has 1 heteroatoms. The van der Waals surface area contributed by atoms with Crippen LogP contribution in [0.15, 0.2) is 60.7 Å². The predicted octanol–water partition coefficient (Wildman–Crippen LogP) is 3.35. The summed E-state index contributed by atoms with van der Waals surface area (Å²) < 4.78 is 0. The van der Waals surface area contributed by atoms with Crippen LogP contribution in [0, 0.1) is 13.0 Å². The SMILES string of the molecule is [CH2-]c1ccccc1.[Y+3].[c-]1ccccc1. The van der Waals surface area contributed by atoms with E-state index in [1.54, 1.807) is 0 Å². The quantitative estimate of drug-likeness (QED) is 0.635. The van der Waals surface area contributed by atoms with E-state index < -0.39 is 0 Å². The van der Waals surface area contributed by atoms with E-state index >= 15 is 0 Å². The molecule has 0 fully saturated rings. The van der Waals surface area contributed by atoms with Crippen molar-refractivity contribution < 1.29 is 32.7 Å². The van der Waals surface area contributed by atoms with E-state index in [2.05, 4.69) is 13.0 Å². The molecular weight excluding hydrogens is 245 g/mol. The van der Waals surface area contributed by atoms with Crippen LogP contribution in [0.2, 0.25) is 0 Å². The van der Waals surface area contributed by atoms with Gasteiger partial charge in [0.2, 0.25) is 0 Å². The van der Waals surface area contributed by atoms with Gasteiger partial charge in [0, 0.05) is 0 Å². The Labute approximate surface area is 111 Å². The maximum Gasteiger partial charge on any atom is 3.00 e. The first kappa shape index (κ1) is 13.4. The molecule has 0 spiro atoms. The van der Waals surface area contributed by atoms with E-state index in [0.29, 0.717) is 0 Å². The van der Waals surface area contributed by atoms with Crippen molar-refractivity contribution >= 4 is 0 Å². The van der Waals surface area contributed by atoms with E-state index in [1.165, 1.54) is 0 Å². The largest absolute Gasteiger partial charge is 3.00 e. The summed E-state index contributed by atoms with van der Waals surface area (Å²) >= 11 is 0. The molecule has 0 aliphatic heterocycles. The van der Waals surface area contributed by atoms with E-state index in [-0.39, 0.29) is 32.7 Å². The first-order chi connectivity index (χ1) is 6.39. The molecule has 0 aliphatic carbocycles. The summed E-state index contributed by atoms with van der Waals surface area (Å²) in [5.74, 6) is 0. The van der Waals surface area contributed by atoms with Gasteiger partial charge in [0.1, 0.15) is 0 Å². The third-order valence-electron chi connectivity index (χ3n) is 1.45. The third kappa shape index (κ3) is 6.88. The summed E-state index contributed by atoms with van der Waals surface area (Å²) in [4.78, 5) is 0. The second-order valence-electron chi connectivity index (χ2n) is 2.56. The van der Waals surface area contributed by atoms with Gasteiger partial charge in [-0.2, -0.15) is 61.0 Å². The van der Waals surface area contributed by atoms with Crippen LogP contribution >= 0.6 is 0 Å². The molecule has 14 heavy (non-hydrogen) atoms. The molecule has 0 N–H and O–H groups in total. The Bertz CT molecular complexity index is 276. The molecule has 0 aliphatic rings. The second-order valence-corrected chi connectivity index (χ2v) is 2.56. The first-order valence-electron chi connectivity index (χ1n) is 4.17. The Hall–Kier alpha value is -0.586. The van der Waals surface area contributed by atoms with Gasteiger partial charge in [-0.3, -0.25) is 0 Å². The minimum Gasteiger partial charge on any atom is -0.199 e. The molecule has 0 atom stereocenters. The average Bonchev–Trinajstić information content (AvgIpc) is 2.22. The van der Waals surface area contributed by atoms with Gasteiger partial charge in [-0.1, -0.05) is 6.07 Å². The topological polar surface area (TPSA) is 0 Å². The van der Waals surface area contributed by atoms with Gasteiger partial charge in [0.25, 0.3) is 0 Å². The fraction of sp³-hybridized carbons (Fsp3) is 0. The summed E-state index contributed by atoms with van der Waals surface area (Å²) in [6.07, 6.45) is 0. The van der Waals surface area contributed by atoms with Crippen LogP contribution in [0.3, 0.4) is 0 Å². The Morgan fingerprint density at radius 3 is 1.50 bits per heavy atom. The van der Waals surface area contributed by atoms with Crippen molar-refractivity contribution in [1.82, 2.24) is 0 Å². The maximum absolute atomic E-state index is 3.72. The van der Waals surface area contributed by atoms with Crippen LogP contribution < -0.4 is 0 Å². The minimum absolute atomic E-state index is 0. The van der Waals surface area contributed by atoms with Gasteiger partial charge in [0.05, 0.1) is 0 Å². The Morgan fingerprint density at radius 2 is 1.29 bits per heavy atom. The van der Waals surface area contributed by atoms with Crippen LogP contribution in [0.1, 0.15) is 5.56 Å². The molecule has 0 aromatic heterocycles. The molecule has 0 bridgehead atoms. The van der Waals surface area contributed by atoms with Crippen LogP contribution in [0.5, 0.6) is 0 Å². The molecule has 0 amide bonds. The number of rotatable bonds is 0. The van der Waals surface area contributed by atoms with Gasteiger partial charge in [-0.15, -0.1) is 12.1 Å². The predicted molar refractivity (Wildman–Crippen MR) is 56.2 cm³/mol. The standard InChI is InChI=1S/C7H7.C6H5.Y/c1-7-5-3-2-4-6-7;1-2-4-6-5-3-1;/h2-6H,1H2;1-5H;/q2*-1;+3. The zero-order valence-electron chi connectivity index (χ0n) is 8.06. The van der Waals surface area contributed by atoms with Crippen molar-refractivity contribution in [2.45, 2.75) is 0 Å². The fourth-order valence-electron chi connectivity index (χ4n) is 0.820. The zero-order valence-corrected chi connectivity index (χ0v) is 10.9. The van der Waals surface area contributed by atoms with Crippen LogP contribution in [-0.4, -0.2) is 0 Å². The van der Waals surface area contributed by atoms with Crippen molar-refractivity contribution in [1.29, 1.82) is 0 Å². The van der Waals surface area contributed by atoms with Gasteiger partial charge in [-0.05, 0) is 0 Å². The van der Waals surface area contributed by atoms with Gasteiger partial charge < -0.3 is 0 Å². The molecule has 0 saturated carbocycles. The van der Waals surface area contributed by atoms with Crippen molar-refractivity contribution in [3.63, 3.8) is 0 Å². The first-order valence-corrected chi connectivity index (χ1v) is 4.17. The molecule has 2 aromatic carbocycles. The summed E-state index contributed by atoms with van der Waals surface area (Å²) in [5, 5.41) is 0. The molecule has 0 radical (unpaired) electrons. The third-order valence-corrected chi connectivity index (χ3v) is 1.45. The van der Waals surface area contributed by atoms with E-state index in [1.807, 2.05) is 60.7 Å². The van der Waals surface area contributed by atoms with E-state index in [9.17, 15) is 0 Å². The van der Waals surface area contributed by atoms with Gasteiger partial charge >= 0.3 is 32.7 Å². The van der Waals surface area contributed by atoms with E-state index in [4.69, 9.17) is 0 Å². The number of hydrogen-bond acceptors (Lipinski definition) is 0. The summed E-state index contributed by atoms with van der Waals surface area (Å²) in [7, 11) is 0. The summed E-state index contributed by atoms with van der Waals surface area (Å²) in [6, 6.07) is 22.4. The van der Waals surface area contributed by atoms with E-state index in [0.717, 1.165) is 5.56 Å². The maximum atomic E-state index is 3.72. The Morgan fingerprint density at radius 1 is 0.786 bits per heavy atom. The minimum atomic E-state index is 0. The molecule has 0 saturated heterocycles. The molecule has 0 heterocycles. The molecule has 2 rings (SSSR count). The van der Waals surface area contributed by atoms with Crippen molar-refractivity contribution in [2.24, 2.45) is 0 Å². The smallest absolute Gasteiger partial charge is 0.199 e. The fourth-order valence-corrected chi connectivity index (χ4v) is 0.820. The Balaban J connectivity index is 0.000000227. The van der Waals surface area contributed by atoms with Crippen LogP contribution in [0.25, 0.3) is 0 Å². The van der Waals surface area contributed by atoms with Crippen LogP contribution in [-0.2, 0) is 32.7 Å². The van der Waals surface area contributed by atoms with Gasteiger partial charge in [0.15, 0.2) is 0 Å². The molecule has 0 nitrogen and oxygen atoms in total. The average molecular weight is 257 g/mol. The second kappa shape index (κ2) is 8.99. The van der Waals surface area contributed by atoms with Gasteiger partial charge in [-0.25, -0.2) is 0 Å². The monoisotopic (exact) mass is 257 g/mol. The van der Waals surface area contributed by atoms with Crippen molar-refractivity contribution in [2.75, 3.05) is 0 Å². The number of benzene rings is 2. The zero-order chi connectivity index (χ0) is 9.36. The molecule has 66 valence electrons. The Kier molecular flexibility index (Phi) is 8.61.